The second-order valence-electron chi connectivity index (χ2n) is 7.16. The Morgan fingerprint density at radius 3 is 2.69 bits per heavy atom. The lowest BCUT2D eigenvalue weighted by molar-refractivity contribution is 0.0923. The van der Waals surface area contributed by atoms with Crippen LogP contribution < -0.4 is 15.6 Å². The average Bonchev–Trinajstić information content (AvgIpc) is 2.73. The van der Waals surface area contributed by atoms with Gasteiger partial charge < -0.3 is 19.7 Å². The number of carbonyl (C=O) groups is 1. The van der Waals surface area contributed by atoms with Crippen LogP contribution in [0.15, 0.2) is 57.7 Å². The second kappa shape index (κ2) is 8.05. The van der Waals surface area contributed by atoms with Gasteiger partial charge >= 0.3 is 0 Å². The Kier molecular flexibility index (Phi) is 5.31. The van der Waals surface area contributed by atoms with Gasteiger partial charge in [0, 0.05) is 25.7 Å². The SMILES string of the molecule is O=C(NCc1ccc(N2CCC(O)CC2)c(F)c1)c1cc(=O)c2ccccc2o1. The number of nitrogens with zero attached hydrogens (tertiary/aromatic N) is 1. The predicted molar refractivity (Wildman–Crippen MR) is 108 cm³/mol. The summed E-state index contributed by atoms with van der Waals surface area (Å²) in [6.07, 6.45) is 0.918. The van der Waals surface area contributed by atoms with Gasteiger partial charge in [-0.3, -0.25) is 9.59 Å². The van der Waals surface area contributed by atoms with Gasteiger partial charge in [-0.05, 0) is 42.7 Å². The van der Waals surface area contributed by atoms with E-state index in [4.69, 9.17) is 4.42 Å². The Hall–Kier alpha value is -3.19. The smallest absolute Gasteiger partial charge is 0.287 e. The second-order valence-corrected chi connectivity index (χ2v) is 7.16. The number of hydrogen-bond acceptors (Lipinski definition) is 5. The quantitative estimate of drug-likeness (QED) is 0.709. The lowest BCUT2D eigenvalue weighted by Gasteiger charge is -2.31. The molecule has 1 fully saturated rings. The maximum atomic E-state index is 14.5. The Labute approximate surface area is 166 Å². The molecule has 0 bridgehead atoms. The van der Waals surface area contributed by atoms with Crippen LogP contribution >= 0.6 is 0 Å². The summed E-state index contributed by atoms with van der Waals surface area (Å²) in [6.45, 7) is 1.32. The highest BCUT2D eigenvalue weighted by Crippen LogP contribution is 2.24. The molecule has 3 aromatic rings. The zero-order valence-corrected chi connectivity index (χ0v) is 15.7. The molecule has 1 amide bonds. The maximum Gasteiger partial charge on any atom is 0.287 e. The van der Waals surface area contributed by atoms with Gasteiger partial charge in [-0.25, -0.2) is 4.39 Å². The first kappa shape index (κ1) is 19.1. The van der Waals surface area contributed by atoms with Crippen LogP contribution in [0, 0.1) is 5.82 Å². The van der Waals surface area contributed by atoms with Crippen molar-refractivity contribution in [3.05, 3.63) is 75.9 Å². The number of benzene rings is 2. The van der Waals surface area contributed by atoms with Crippen LogP contribution in [0.4, 0.5) is 10.1 Å². The molecule has 0 saturated carbocycles. The van der Waals surface area contributed by atoms with Crippen molar-refractivity contribution in [2.24, 2.45) is 0 Å². The van der Waals surface area contributed by atoms with E-state index < -0.39 is 5.91 Å². The Morgan fingerprint density at radius 2 is 1.93 bits per heavy atom. The Balaban J connectivity index is 1.44. The molecule has 1 aliphatic heterocycles. The van der Waals surface area contributed by atoms with Crippen LogP contribution in [0.3, 0.4) is 0 Å². The topological polar surface area (TPSA) is 82.8 Å². The first-order valence-corrected chi connectivity index (χ1v) is 9.54. The summed E-state index contributed by atoms with van der Waals surface area (Å²) in [5, 5.41) is 12.7. The molecule has 2 heterocycles. The Morgan fingerprint density at radius 1 is 1.17 bits per heavy atom. The van der Waals surface area contributed by atoms with E-state index in [9.17, 15) is 19.1 Å². The summed E-state index contributed by atoms with van der Waals surface area (Å²) in [7, 11) is 0. The van der Waals surface area contributed by atoms with E-state index in [0.29, 0.717) is 48.2 Å². The molecule has 150 valence electrons. The van der Waals surface area contributed by atoms with Crippen molar-refractivity contribution in [1.82, 2.24) is 5.32 Å². The van der Waals surface area contributed by atoms with E-state index in [-0.39, 0.29) is 29.7 Å². The van der Waals surface area contributed by atoms with Gasteiger partial charge in [0.15, 0.2) is 11.2 Å². The van der Waals surface area contributed by atoms with Crippen LogP contribution in [-0.2, 0) is 6.54 Å². The molecule has 1 aliphatic rings. The summed E-state index contributed by atoms with van der Waals surface area (Å²) < 4.78 is 20.0. The minimum Gasteiger partial charge on any atom is -0.451 e. The lowest BCUT2D eigenvalue weighted by Crippen LogP contribution is -2.36. The number of para-hydroxylation sites is 1. The highest BCUT2D eigenvalue weighted by Gasteiger charge is 2.20. The standard InChI is InChI=1S/C22H21FN2O4/c23-17-11-14(5-6-18(17)25-9-7-15(26)8-10-25)13-24-22(28)21-12-19(27)16-3-1-2-4-20(16)29-21/h1-6,11-12,15,26H,7-10,13H2,(H,24,28). The highest BCUT2D eigenvalue weighted by atomic mass is 19.1. The number of rotatable bonds is 4. The largest absolute Gasteiger partial charge is 0.451 e. The van der Waals surface area contributed by atoms with Crippen LogP contribution in [0.5, 0.6) is 0 Å². The molecular formula is C22H21FN2O4. The molecule has 2 aromatic carbocycles. The van der Waals surface area contributed by atoms with Crippen LogP contribution in [-0.4, -0.2) is 30.2 Å². The monoisotopic (exact) mass is 396 g/mol. The van der Waals surface area contributed by atoms with Gasteiger partial charge in [0.25, 0.3) is 5.91 Å². The zero-order valence-electron chi connectivity index (χ0n) is 15.7. The number of amides is 1. The van der Waals surface area contributed by atoms with Crippen molar-refractivity contribution in [3.63, 3.8) is 0 Å². The minimum atomic E-state index is -0.539. The third-order valence-electron chi connectivity index (χ3n) is 5.13. The van der Waals surface area contributed by atoms with Crippen molar-refractivity contribution in [2.75, 3.05) is 18.0 Å². The summed E-state index contributed by atoms with van der Waals surface area (Å²) in [6, 6.07) is 12.7. The number of aliphatic hydroxyl groups excluding tert-OH is 1. The fraction of sp³-hybridized carbons (Fsp3) is 0.273. The number of anilines is 1. The number of aliphatic hydroxyl groups is 1. The van der Waals surface area contributed by atoms with E-state index in [1.54, 1.807) is 36.4 Å². The number of carbonyl (C=O) groups excluding carboxylic acids is 1. The number of piperidine rings is 1. The molecule has 0 atom stereocenters. The Bertz CT molecular complexity index is 1100. The molecule has 29 heavy (non-hydrogen) atoms. The predicted octanol–water partition coefficient (Wildman–Crippen LogP) is 2.82. The number of hydrogen-bond donors (Lipinski definition) is 2. The van der Waals surface area contributed by atoms with Crippen LogP contribution in [0.1, 0.15) is 29.0 Å². The lowest BCUT2D eigenvalue weighted by atomic mass is 10.1. The van der Waals surface area contributed by atoms with Gasteiger partial charge in [0.2, 0.25) is 0 Å². The van der Waals surface area contributed by atoms with Crippen molar-refractivity contribution < 1.29 is 18.7 Å². The molecule has 0 aliphatic carbocycles. The van der Waals surface area contributed by atoms with Crippen LogP contribution in [0.2, 0.25) is 0 Å². The maximum absolute atomic E-state index is 14.5. The van der Waals surface area contributed by atoms with Crippen molar-refractivity contribution in [1.29, 1.82) is 0 Å². The summed E-state index contributed by atoms with van der Waals surface area (Å²) in [4.78, 5) is 26.4. The van der Waals surface area contributed by atoms with E-state index in [2.05, 4.69) is 5.32 Å². The van der Waals surface area contributed by atoms with Gasteiger partial charge in [-0.15, -0.1) is 0 Å². The van der Waals surface area contributed by atoms with Gasteiger partial charge in [0.05, 0.1) is 17.2 Å². The molecule has 4 rings (SSSR count). The van der Waals surface area contributed by atoms with Gasteiger partial charge in [-0.1, -0.05) is 18.2 Å². The molecule has 1 aromatic heterocycles. The van der Waals surface area contributed by atoms with Crippen LogP contribution in [0.25, 0.3) is 11.0 Å². The van der Waals surface area contributed by atoms with Crippen molar-refractivity contribution in [3.8, 4) is 0 Å². The van der Waals surface area contributed by atoms with Crippen molar-refractivity contribution in [2.45, 2.75) is 25.5 Å². The number of halogens is 1. The van der Waals surface area contributed by atoms with Gasteiger partial charge in [-0.2, -0.15) is 0 Å². The first-order valence-electron chi connectivity index (χ1n) is 9.54. The molecule has 0 spiro atoms. The zero-order chi connectivity index (χ0) is 20.4. The molecule has 0 unspecified atom stereocenters. The fourth-order valence-electron chi connectivity index (χ4n) is 3.51. The minimum absolute atomic E-state index is 0.0855. The molecule has 0 radical (unpaired) electrons. The van der Waals surface area contributed by atoms with E-state index in [0.717, 1.165) is 6.07 Å². The molecule has 6 nitrogen and oxygen atoms in total. The number of fused-ring (bicyclic) bond motifs is 1. The normalized spacial score (nSPS) is 14.9. The summed E-state index contributed by atoms with van der Waals surface area (Å²) in [5.41, 5.74) is 1.14. The summed E-state index contributed by atoms with van der Waals surface area (Å²) in [5.74, 6) is -0.995. The molecule has 2 N–H and O–H groups in total. The summed E-state index contributed by atoms with van der Waals surface area (Å²) >= 11 is 0. The van der Waals surface area contributed by atoms with E-state index in [1.165, 1.54) is 6.07 Å². The van der Waals surface area contributed by atoms with Gasteiger partial charge in [0.1, 0.15) is 11.4 Å². The first-order chi connectivity index (χ1) is 14.0. The van der Waals surface area contributed by atoms with Crippen molar-refractivity contribution >= 4 is 22.6 Å². The molecular weight excluding hydrogens is 375 g/mol. The molecule has 7 heteroatoms. The fourth-order valence-corrected chi connectivity index (χ4v) is 3.51. The highest BCUT2D eigenvalue weighted by molar-refractivity contribution is 5.93. The van der Waals surface area contributed by atoms with E-state index >= 15 is 0 Å². The third kappa shape index (κ3) is 4.14. The average molecular weight is 396 g/mol. The third-order valence-corrected chi connectivity index (χ3v) is 5.13. The van der Waals surface area contributed by atoms with E-state index in [1.807, 2.05) is 4.90 Å². The molecule has 1 saturated heterocycles. The number of nitrogens with one attached hydrogen (secondary N) is 1.